The summed E-state index contributed by atoms with van der Waals surface area (Å²) >= 11 is 1.38. The van der Waals surface area contributed by atoms with Gasteiger partial charge in [-0.2, -0.15) is 5.10 Å². The molecule has 0 saturated carbocycles. The molecule has 0 aromatic carbocycles. The third-order valence-electron chi connectivity index (χ3n) is 2.55. The van der Waals surface area contributed by atoms with Crippen LogP contribution < -0.4 is 11.1 Å². The van der Waals surface area contributed by atoms with Crippen molar-refractivity contribution in [1.82, 2.24) is 14.8 Å². The highest BCUT2D eigenvalue weighted by Crippen LogP contribution is 2.20. The number of aryl methyl sites for hydroxylation is 3. The smallest absolute Gasteiger partial charge is 0.277 e. The molecule has 0 bridgehead atoms. The van der Waals surface area contributed by atoms with Gasteiger partial charge in [-0.25, -0.2) is 4.98 Å². The maximum absolute atomic E-state index is 12.1. The Morgan fingerprint density at radius 2 is 2.33 bits per heavy atom. The molecule has 0 radical (unpaired) electrons. The van der Waals surface area contributed by atoms with E-state index in [9.17, 15) is 4.79 Å². The van der Waals surface area contributed by atoms with Gasteiger partial charge in [0.15, 0.2) is 5.13 Å². The van der Waals surface area contributed by atoms with Crippen LogP contribution in [0.5, 0.6) is 0 Å². The quantitative estimate of drug-likeness (QED) is 0.882. The van der Waals surface area contributed by atoms with E-state index >= 15 is 0 Å². The van der Waals surface area contributed by atoms with Gasteiger partial charge in [0.1, 0.15) is 5.69 Å². The van der Waals surface area contributed by atoms with Crippen LogP contribution in [-0.2, 0) is 13.5 Å². The lowest BCUT2D eigenvalue weighted by Gasteiger charge is -2.03. The van der Waals surface area contributed by atoms with E-state index in [2.05, 4.69) is 15.4 Å². The standard InChI is InChI=1S/C11H15N5OS/c1-4-7-8(12)9(16(3)15-7)10(17)14-11-13-6(2)5-18-11/h5H,4,12H2,1-3H3,(H,13,14,17). The summed E-state index contributed by atoms with van der Waals surface area (Å²) in [6.45, 7) is 3.82. The number of carbonyl (C=O) groups is 1. The molecule has 0 saturated heterocycles. The normalized spacial score (nSPS) is 10.6. The van der Waals surface area contributed by atoms with Gasteiger partial charge in [-0.05, 0) is 13.3 Å². The van der Waals surface area contributed by atoms with E-state index < -0.39 is 0 Å². The number of nitrogens with two attached hydrogens (primary N) is 1. The first-order valence-corrected chi connectivity index (χ1v) is 6.45. The van der Waals surface area contributed by atoms with Crippen molar-refractivity contribution in [3.05, 3.63) is 22.5 Å². The molecule has 2 heterocycles. The van der Waals surface area contributed by atoms with E-state index in [0.717, 1.165) is 11.4 Å². The van der Waals surface area contributed by atoms with Gasteiger partial charge in [-0.3, -0.25) is 14.8 Å². The summed E-state index contributed by atoms with van der Waals surface area (Å²) in [7, 11) is 1.71. The van der Waals surface area contributed by atoms with Crippen molar-refractivity contribution in [2.45, 2.75) is 20.3 Å². The van der Waals surface area contributed by atoms with Gasteiger partial charge in [0.25, 0.3) is 5.91 Å². The fourth-order valence-corrected chi connectivity index (χ4v) is 2.38. The lowest BCUT2D eigenvalue weighted by Crippen LogP contribution is -2.17. The van der Waals surface area contributed by atoms with Gasteiger partial charge in [0.05, 0.1) is 17.1 Å². The Bertz CT molecular complexity index is 586. The van der Waals surface area contributed by atoms with Crippen LogP contribution in [0.25, 0.3) is 0 Å². The molecule has 96 valence electrons. The van der Waals surface area contributed by atoms with Crippen LogP contribution in [0.1, 0.15) is 28.8 Å². The highest BCUT2D eigenvalue weighted by molar-refractivity contribution is 7.13. The third kappa shape index (κ3) is 2.21. The molecule has 2 aromatic heterocycles. The molecular formula is C11H15N5OS. The Balaban J connectivity index is 2.26. The van der Waals surface area contributed by atoms with Crippen molar-refractivity contribution in [2.24, 2.45) is 7.05 Å². The van der Waals surface area contributed by atoms with Gasteiger partial charge in [0, 0.05) is 12.4 Å². The zero-order valence-electron chi connectivity index (χ0n) is 10.5. The van der Waals surface area contributed by atoms with Crippen LogP contribution in [0.3, 0.4) is 0 Å². The minimum Gasteiger partial charge on any atom is -0.395 e. The predicted octanol–water partition coefficient (Wildman–Crippen LogP) is 1.58. The van der Waals surface area contributed by atoms with Gasteiger partial charge in [-0.1, -0.05) is 6.92 Å². The van der Waals surface area contributed by atoms with Gasteiger partial charge < -0.3 is 5.73 Å². The van der Waals surface area contributed by atoms with E-state index in [1.807, 2.05) is 19.2 Å². The highest BCUT2D eigenvalue weighted by Gasteiger charge is 2.19. The fraction of sp³-hybridized carbons (Fsp3) is 0.364. The number of hydrogen-bond acceptors (Lipinski definition) is 5. The number of carbonyl (C=O) groups excluding carboxylic acids is 1. The summed E-state index contributed by atoms with van der Waals surface area (Å²) in [5, 5.41) is 9.38. The molecule has 6 nitrogen and oxygen atoms in total. The summed E-state index contributed by atoms with van der Waals surface area (Å²) in [6, 6.07) is 0. The van der Waals surface area contributed by atoms with E-state index in [1.165, 1.54) is 16.0 Å². The zero-order valence-corrected chi connectivity index (χ0v) is 11.3. The molecule has 3 N–H and O–H groups in total. The number of nitrogen functional groups attached to an aromatic ring is 1. The molecule has 1 amide bonds. The number of hydrogen-bond donors (Lipinski definition) is 2. The molecule has 0 fully saturated rings. The summed E-state index contributed by atoms with van der Waals surface area (Å²) in [6.07, 6.45) is 0.698. The average molecular weight is 265 g/mol. The van der Waals surface area contributed by atoms with Crippen LogP contribution in [0.15, 0.2) is 5.38 Å². The lowest BCUT2D eigenvalue weighted by atomic mass is 10.2. The molecule has 0 unspecified atom stereocenters. The van der Waals surface area contributed by atoms with Crippen molar-refractivity contribution in [3.63, 3.8) is 0 Å². The number of amides is 1. The van der Waals surface area contributed by atoms with Crippen molar-refractivity contribution >= 4 is 28.1 Å². The van der Waals surface area contributed by atoms with Crippen molar-refractivity contribution in [1.29, 1.82) is 0 Å². The van der Waals surface area contributed by atoms with E-state index in [0.29, 0.717) is 22.9 Å². The fourth-order valence-electron chi connectivity index (χ4n) is 1.69. The Morgan fingerprint density at radius 3 is 2.83 bits per heavy atom. The summed E-state index contributed by atoms with van der Waals surface area (Å²) < 4.78 is 1.50. The second kappa shape index (κ2) is 4.77. The molecule has 0 aliphatic carbocycles. The van der Waals surface area contributed by atoms with E-state index in [4.69, 9.17) is 5.73 Å². The first kappa shape index (κ1) is 12.6. The lowest BCUT2D eigenvalue weighted by molar-refractivity contribution is 0.101. The van der Waals surface area contributed by atoms with Crippen LogP contribution in [-0.4, -0.2) is 20.7 Å². The number of anilines is 2. The molecule has 0 atom stereocenters. The number of nitrogens with one attached hydrogen (secondary N) is 1. The van der Waals surface area contributed by atoms with Crippen molar-refractivity contribution < 1.29 is 4.79 Å². The van der Waals surface area contributed by atoms with E-state index in [1.54, 1.807) is 7.05 Å². The SMILES string of the molecule is CCc1nn(C)c(C(=O)Nc2nc(C)cs2)c1N. The minimum absolute atomic E-state index is 0.281. The molecule has 0 aliphatic heterocycles. The molecule has 0 spiro atoms. The number of nitrogens with zero attached hydrogens (tertiary/aromatic N) is 3. The summed E-state index contributed by atoms with van der Waals surface area (Å²) in [5.41, 5.74) is 8.34. The Labute approximate surface area is 109 Å². The molecule has 2 aromatic rings. The first-order chi connectivity index (χ1) is 8.52. The molecule has 2 rings (SSSR count). The minimum atomic E-state index is -0.281. The highest BCUT2D eigenvalue weighted by atomic mass is 32.1. The van der Waals surface area contributed by atoms with Crippen LogP contribution >= 0.6 is 11.3 Å². The maximum atomic E-state index is 12.1. The van der Waals surface area contributed by atoms with Gasteiger partial charge >= 0.3 is 0 Å². The number of thiazole rings is 1. The largest absolute Gasteiger partial charge is 0.395 e. The van der Waals surface area contributed by atoms with Crippen LogP contribution in [0.4, 0.5) is 10.8 Å². The monoisotopic (exact) mass is 265 g/mol. The zero-order chi connectivity index (χ0) is 13.3. The molecule has 0 aliphatic rings. The number of rotatable bonds is 3. The third-order valence-corrected chi connectivity index (χ3v) is 3.43. The Morgan fingerprint density at radius 1 is 1.61 bits per heavy atom. The predicted molar refractivity (Wildman–Crippen MR) is 71.8 cm³/mol. The topological polar surface area (TPSA) is 85.8 Å². The summed E-state index contributed by atoms with van der Waals surface area (Å²) in [4.78, 5) is 16.3. The second-order valence-corrected chi connectivity index (χ2v) is 4.79. The van der Waals surface area contributed by atoms with Gasteiger partial charge in [0.2, 0.25) is 0 Å². The van der Waals surface area contributed by atoms with Crippen molar-refractivity contribution in [3.8, 4) is 0 Å². The van der Waals surface area contributed by atoms with Gasteiger partial charge in [-0.15, -0.1) is 11.3 Å². The Kier molecular flexibility index (Phi) is 3.33. The molecule has 7 heteroatoms. The first-order valence-electron chi connectivity index (χ1n) is 5.57. The maximum Gasteiger partial charge on any atom is 0.277 e. The van der Waals surface area contributed by atoms with E-state index in [-0.39, 0.29) is 5.91 Å². The summed E-state index contributed by atoms with van der Waals surface area (Å²) in [5.74, 6) is -0.281. The molecular weight excluding hydrogens is 250 g/mol. The second-order valence-electron chi connectivity index (χ2n) is 3.93. The Hall–Kier alpha value is -1.89. The van der Waals surface area contributed by atoms with Crippen molar-refractivity contribution in [2.75, 3.05) is 11.1 Å². The van der Waals surface area contributed by atoms with Crippen LogP contribution in [0, 0.1) is 6.92 Å². The van der Waals surface area contributed by atoms with Crippen LogP contribution in [0.2, 0.25) is 0 Å². The number of aromatic nitrogens is 3. The average Bonchev–Trinajstić information content (AvgIpc) is 2.83. The molecule has 18 heavy (non-hydrogen) atoms.